The zero-order valence-corrected chi connectivity index (χ0v) is 12.1. The topological polar surface area (TPSA) is 50.2 Å². The van der Waals surface area contributed by atoms with Crippen LogP contribution in [0.2, 0.25) is 0 Å². The molecule has 0 amide bonds. The van der Waals surface area contributed by atoms with Crippen molar-refractivity contribution in [3.05, 3.63) is 15.6 Å². The highest BCUT2D eigenvalue weighted by Crippen LogP contribution is 2.33. The molecule has 100 valence electrons. The average Bonchev–Trinajstić information content (AvgIpc) is 2.62. The van der Waals surface area contributed by atoms with Gasteiger partial charge in [0.15, 0.2) is 5.78 Å². The molecule has 1 N–H and O–H groups in total. The Morgan fingerprint density at radius 1 is 1.44 bits per heavy atom. The summed E-state index contributed by atoms with van der Waals surface area (Å²) in [6.45, 7) is 6.15. The van der Waals surface area contributed by atoms with E-state index < -0.39 is 5.60 Å². The van der Waals surface area contributed by atoms with Crippen molar-refractivity contribution in [1.29, 1.82) is 0 Å². The van der Waals surface area contributed by atoms with Crippen molar-refractivity contribution in [2.75, 3.05) is 0 Å². The molecule has 2 rings (SSSR count). The van der Waals surface area contributed by atoms with Crippen LogP contribution in [0.1, 0.15) is 48.2 Å². The average molecular weight is 267 g/mol. The van der Waals surface area contributed by atoms with Crippen LogP contribution in [0.3, 0.4) is 0 Å². The van der Waals surface area contributed by atoms with E-state index in [1.54, 1.807) is 11.3 Å². The van der Waals surface area contributed by atoms with Gasteiger partial charge in [0.2, 0.25) is 0 Å². The third-order valence-corrected chi connectivity index (χ3v) is 5.08. The third kappa shape index (κ3) is 2.81. The van der Waals surface area contributed by atoms with Crippen LogP contribution in [0.15, 0.2) is 0 Å². The number of nitrogens with zero attached hydrogens (tertiary/aromatic N) is 1. The highest BCUT2D eigenvalue weighted by Gasteiger charge is 2.38. The Balaban J connectivity index is 2.03. The molecule has 1 fully saturated rings. The van der Waals surface area contributed by atoms with Crippen LogP contribution in [0.5, 0.6) is 0 Å². The van der Waals surface area contributed by atoms with E-state index in [0.29, 0.717) is 18.8 Å². The molecule has 4 heteroatoms. The Hall–Kier alpha value is -0.740. The van der Waals surface area contributed by atoms with E-state index in [2.05, 4.69) is 11.9 Å². The van der Waals surface area contributed by atoms with Gasteiger partial charge in [0.05, 0.1) is 12.1 Å². The van der Waals surface area contributed by atoms with Gasteiger partial charge in [-0.05, 0) is 45.4 Å². The molecule has 1 aromatic rings. The lowest BCUT2D eigenvalue weighted by atomic mass is 9.76. The first-order chi connectivity index (χ1) is 8.40. The van der Waals surface area contributed by atoms with Crippen molar-refractivity contribution in [3.8, 4) is 0 Å². The van der Waals surface area contributed by atoms with E-state index in [0.717, 1.165) is 28.4 Å². The van der Waals surface area contributed by atoms with Gasteiger partial charge in [0, 0.05) is 4.88 Å². The molecule has 1 saturated carbocycles. The summed E-state index contributed by atoms with van der Waals surface area (Å²) in [4.78, 5) is 17.8. The molecule has 18 heavy (non-hydrogen) atoms. The lowest BCUT2D eigenvalue weighted by molar-refractivity contribution is -0.140. The predicted octanol–water partition coefficient (Wildman–Crippen LogP) is 2.81. The molecule has 3 nitrogen and oxygen atoms in total. The zero-order chi connectivity index (χ0) is 13.3. The second-order valence-electron chi connectivity index (χ2n) is 5.56. The maximum absolute atomic E-state index is 12.2. The summed E-state index contributed by atoms with van der Waals surface area (Å²) in [7, 11) is 0. The molecule has 0 aromatic carbocycles. The first-order valence-corrected chi connectivity index (χ1v) is 7.41. The standard InChI is InChI=1S/C14H21NO2S/c1-9-4-6-14(17,7-5-9)12(16)8-13-15-10(2)11(3)18-13/h9,17H,4-8H2,1-3H3. The van der Waals surface area contributed by atoms with Crippen molar-refractivity contribution in [3.63, 3.8) is 0 Å². The second-order valence-corrected chi connectivity index (χ2v) is 6.85. The van der Waals surface area contributed by atoms with Gasteiger partial charge in [-0.3, -0.25) is 4.79 Å². The van der Waals surface area contributed by atoms with E-state index >= 15 is 0 Å². The highest BCUT2D eigenvalue weighted by molar-refractivity contribution is 7.11. The molecule has 1 aliphatic rings. The van der Waals surface area contributed by atoms with Gasteiger partial charge in [0.25, 0.3) is 0 Å². The van der Waals surface area contributed by atoms with E-state index in [1.807, 2.05) is 13.8 Å². The van der Waals surface area contributed by atoms with Crippen molar-refractivity contribution >= 4 is 17.1 Å². The maximum atomic E-state index is 12.2. The number of carbonyl (C=O) groups excluding carboxylic acids is 1. The van der Waals surface area contributed by atoms with Crippen molar-refractivity contribution in [2.45, 2.75) is 58.5 Å². The fourth-order valence-electron chi connectivity index (χ4n) is 2.44. The number of carbonyl (C=O) groups is 1. The Morgan fingerprint density at radius 3 is 2.56 bits per heavy atom. The summed E-state index contributed by atoms with van der Waals surface area (Å²) < 4.78 is 0. The molecular formula is C14H21NO2S. The van der Waals surface area contributed by atoms with Gasteiger partial charge >= 0.3 is 0 Å². The smallest absolute Gasteiger partial charge is 0.171 e. The predicted molar refractivity (Wildman–Crippen MR) is 72.9 cm³/mol. The highest BCUT2D eigenvalue weighted by atomic mass is 32.1. The molecule has 0 saturated heterocycles. The van der Waals surface area contributed by atoms with E-state index in [9.17, 15) is 9.90 Å². The number of rotatable bonds is 3. The first-order valence-electron chi connectivity index (χ1n) is 6.59. The first kappa shape index (κ1) is 13.7. The van der Waals surface area contributed by atoms with Gasteiger partial charge in [-0.2, -0.15) is 0 Å². The van der Waals surface area contributed by atoms with E-state index in [-0.39, 0.29) is 12.2 Å². The van der Waals surface area contributed by atoms with Crippen LogP contribution < -0.4 is 0 Å². The monoisotopic (exact) mass is 267 g/mol. The number of hydrogen-bond donors (Lipinski definition) is 1. The number of ketones is 1. The SMILES string of the molecule is Cc1nc(CC(=O)C2(O)CCC(C)CC2)sc1C. The number of Topliss-reactive ketones (excluding diaryl/α,β-unsaturated/α-hetero) is 1. The Bertz CT molecular complexity index is 425. The number of aryl methyl sites for hydroxylation is 2. The summed E-state index contributed by atoms with van der Waals surface area (Å²) in [6.07, 6.45) is 3.38. The number of aromatic nitrogens is 1. The van der Waals surface area contributed by atoms with Gasteiger partial charge in [-0.25, -0.2) is 4.98 Å². The van der Waals surface area contributed by atoms with Gasteiger partial charge in [-0.15, -0.1) is 11.3 Å². The van der Waals surface area contributed by atoms with E-state index in [4.69, 9.17) is 0 Å². The minimum absolute atomic E-state index is 0.0526. The number of hydrogen-bond acceptors (Lipinski definition) is 4. The summed E-state index contributed by atoms with van der Waals surface area (Å²) in [5.41, 5.74) is -0.105. The van der Waals surface area contributed by atoms with E-state index in [1.165, 1.54) is 0 Å². The van der Waals surface area contributed by atoms with Crippen LogP contribution in [0, 0.1) is 19.8 Å². The Kier molecular flexibility index (Phi) is 3.87. The van der Waals surface area contributed by atoms with Crippen molar-refractivity contribution < 1.29 is 9.90 Å². The molecule has 0 unspecified atom stereocenters. The third-order valence-electron chi connectivity index (χ3n) is 4.01. The molecule has 1 aromatic heterocycles. The molecule has 1 heterocycles. The summed E-state index contributed by atoms with van der Waals surface area (Å²) in [6, 6.07) is 0. The lowest BCUT2D eigenvalue weighted by Gasteiger charge is -2.33. The maximum Gasteiger partial charge on any atom is 0.171 e. The quantitative estimate of drug-likeness (QED) is 0.916. The minimum atomic E-state index is -1.10. The molecule has 0 radical (unpaired) electrons. The Morgan fingerprint density at radius 2 is 2.06 bits per heavy atom. The van der Waals surface area contributed by atoms with Gasteiger partial charge in [0.1, 0.15) is 10.6 Å². The fraction of sp³-hybridized carbons (Fsp3) is 0.714. The Labute approximate surface area is 112 Å². The molecule has 1 aliphatic carbocycles. The second kappa shape index (κ2) is 5.10. The lowest BCUT2D eigenvalue weighted by Crippen LogP contribution is -2.42. The molecular weight excluding hydrogens is 246 g/mol. The molecule has 0 aliphatic heterocycles. The molecule has 0 atom stereocenters. The van der Waals surface area contributed by atoms with Crippen LogP contribution in [-0.2, 0) is 11.2 Å². The molecule has 0 bridgehead atoms. The summed E-state index contributed by atoms with van der Waals surface area (Å²) in [5.74, 6) is 0.575. The van der Waals surface area contributed by atoms with Crippen LogP contribution in [-0.4, -0.2) is 21.5 Å². The number of aliphatic hydroxyl groups is 1. The largest absolute Gasteiger partial charge is 0.382 e. The zero-order valence-electron chi connectivity index (χ0n) is 11.3. The normalized spacial score (nSPS) is 28.3. The van der Waals surface area contributed by atoms with Crippen LogP contribution in [0.25, 0.3) is 0 Å². The van der Waals surface area contributed by atoms with Crippen LogP contribution in [0.4, 0.5) is 0 Å². The van der Waals surface area contributed by atoms with Crippen molar-refractivity contribution in [1.82, 2.24) is 4.98 Å². The van der Waals surface area contributed by atoms with Gasteiger partial charge in [-0.1, -0.05) is 6.92 Å². The molecule has 0 spiro atoms. The van der Waals surface area contributed by atoms with Crippen molar-refractivity contribution in [2.24, 2.45) is 5.92 Å². The minimum Gasteiger partial charge on any atom is -0.382 e. The fourth-order valence-corrected chi connectivity index (χ4v) is 3.37. The number of thiazole rings is 1. The van der Waals surface area contributed by atoms with Gasteiger partial charge < -0.3 is 5.11 Å². The van der Waals surface area contributed by atoms with Crippen LogP contribution >= 0.6 is 11.3 Å². The summed E-state index contributed by atoms with van der Waals surface area (Å²) >= 11 is 1.56. The summed E-state index contributed by atoms with van der Waals surface area (Å²) in [5, 5.41) is 11.3.